The van der Waals surface area contributed by atoms with Crippen LogP contribution in [0.4, 0.5) is 0 Å². The highest BCUT2D eigenvalue weighted by molar-refractivity contribution is 7.89. The van der Waals surface area contributed by atoms with Crippen LogP contribution in [0.15, 0.2) is 41.3 Å². The SMILES string of the molecule is C=C(C)[C@@H]1CN(S(=O)(=O)c2ccc(C)cc2)[C@H]2C[C@@H]1OC2=O. The lowest BCUT2D eigenvalue weighted by atomic mass is 9.89. The molecule has 3 atom stereocenters. The summed E-state index contributed by atoms with van der Waals surface area (Å²) in [6.07, 6.45) is 0.154. The van der Waals surface area contributed by atoms with Gasteiger partial charge in [-0.1, -0.05) is 29.8 Å². The van der Waals surface area contributed by atoms with Gasteiger partial charge in [-0.05, 0) is 26.0 Å². The van der Waals surface area contributed by atoms with E-state index < -0.39 is 22.0 Å². The van der Waals surface area contributed by atoms with Gasteiger partial charge >= 0.3 is 5.97 Å². The van der Waals surface area contributed by atoms with Gasteiger partial charge < -0.3 is 4.74 Å². The summed E-state index contributed by atoms with van der Waals surface area (Å²) in [6, 6.07) is 5.94. The molecule has 2 heterocycles. The van der Waals surface area contributed by atoms with E-state index in [0.29, 0.717) is 6.42 Å². The van der Waals surface area contributed by atoms with E-state index in [1.54, 1.807) is 24.3 Å². The van der Waals surface area contributed by atoms with Gasteiger partial charge in [0.05, 0.1) is 4.90 Å². The molecule has 0 spiro atoms. The molecule has 2 aliphatic heterocycles. The lowest BCUT2D eigenvalue weighted by molar-refractivity contribution is -0.143. The second kappa shape index (κ2) is 5.21. The van der Waals surface area contributed by atoms with Crippen molar-refractivity contribution in [2.45, 2.75) is 37.3 Å². The molecule has 6 heteroatoms. The Morgan fingerprint density at radius 1 is 1.32 bits per heavy atom. The lowest BCUT2D eigenvalue weighted by Crippen LogP contribution is -2.49. The number of piperidine rings is 1. The number of fused-ring (bicyclic) bond motifs is 2. The highest BCUT2D eigenvalue weighted by Crippen LogP contribution is 2.38. The molecule has 0 amide bonds. The molecule has 0 saturated carbocycles. The summed E-state index contributed by atoms with van der Waals surface area (Å²) < 4.78 is 32.4. The van der Waals surface area contributed by atoms with Gasteiger partial charge in [0.1, 0.15) is 12.1 Å². The standard InChI is InChI=1S/C16H19NO4S/c1-10(2)13-9-17(14-8-15(13)21-16(14)18)22(19,20)12-6-4-11(3)5-7-12/h4-7,13-15H,1,8-9H2,2-3H3/t13-,14-,15-/m0/s1. The third kappa shape index (κ3) is 2.36. The van der Waals surface area contributed by atoms with Gasteiger partial charge in [-0.3, -0.25) is 4.79 Å². The molecule has 1 aromatic carbocycles. The van der Waals surface area contributed by atoms with E-state index in [-0.39, 0.29) is 23.5 Å². The van der Waals surface area contributed by atoms with Crippen molar-refractivity contribution in [2.24, 2.45) is 5.92 Å². The normalized spacial score (nSPS) is 28.5. The Morgan fingerprint density at radius 2 is 1.95 bits per heavy atom. The molecule has 3 rings (SSSR count). The monoisotopic (exact) mass is 321 g/mol. The van der Waals surface area contributed by atoms with Crippen LogP contribution in [0.2, 0.25) is 0 Å². The van der Waals surface area contributed by atoms with Crippen molar-refractivity contribution in [3.8, 4) is 0 Å². The zero-order chi connectivity index (χ0) is 16.1. The zero-order valence-electron chi connectivity index (χ0n) is 12.7. The number of esters is 1. The first-order valence-electron chi connectivity index (χ1n) is 7.25. The number of aryl methyl sites for hydroxylation is 1. The fourth-order valence-electron chi connectivity index (χ4n) is 3.10. The molecule has 5 nitrogen and oxygen atoms in total. The number of carbonyl (C=O) groups is 1. The van der Waals surface area contributed by atoms with Gasteiger partial charge in [0, 0.05) is 18.9 Å². The van der Waals surface area contributed by atoms with Crippen LogP contribution in [-0.2, 0) is 19.6 Å². The number of rotatable bonds is 3. The molecule has 0 unspecified atom stereocenters. The molecule has 2 bridgehead atoms. The summed E-state index contributed by atoms with van der Waals surface area (Å²) in [6.45, 7) is 7.89. The summed E-state index contributed by atoms with van der Waals surface area (Å²) >= 11 is 0. The Hall–Kier alpha value is -1.66. The molecule has 22 heavy (non-hydrogen) atoms. The maximum atomic E-state index is 12.9. The number of nitrogens with zero attached hydrogens (tertiary/aromatic N) is 1. The predicted octanol–water partition coefficient (Wildman–Crippen LogP) is 1.88. The molecule has 2 saturated heterocycles. The van der Waals surface area contributed by atoms with Crippen LogP contribution >= 0.6 is 0 Å². The van der Waals surface area contributed by atoms with Crippen molar-refractivity contribution in [1.82, 2.24) is 4.31 Å². The fourth-order valence-corrected chi connectivity index (χ4v) is 4.71. The molecule has 1 aromatic rings. The number of hydrogen-bond donors (Lipinski definition) is 0. The van der Waals surface area contributed by atoms with Gasteiger partial charge in [-0.2, -0.15) is 4.31 Å². The Kier molecular flexibility index (Phi) is 3.61. The quantitative estimate of drug-likeness (QED) is 0.630. The molecule has 118 valence electrons. The first kappa shape index (κ1) is 15.2. The van der Waals surface area contributed by atoms with Crippen LogP contribution in [0.3, 0.4) is 0 Å². The Balaban J connectivity index is 2.00. The number of benzene rings is 1. The lowest BCUT2D eigenvalue weighted by Gasteiger charge is -2.34. The smallest absolute Gasteiger partial charge is 0.324 e. The minimum absolute atomic E-state index is 0.150. The molecular weight excluding hydrogens is 302 g/mol. The third-order valence-electron chi connectivity index (χ3n) is 4.43. The number of ether oxygens (including phenoxy) is 1. The van der Waals surface area contributed by atoms with Crippen molar-refractivity contribution < 1.29 is 17.9 Å². The van der Waals surface area contributed by atoms with Crippen LogP contribution in [0, 0.1) is 12.8 Å². The Labute approximate surface area is 130 Å². The zero-order valence-corrected chi connectivity index (χ0v) is 13.5. The van der Waals surface area contributed by atoms with Crippen LogP contribution in [-0.4, -0.2) is 37.4 Å². The largest absolute Gasteiger partial charge is 0.460 e. The Morgan fingerprint density at radius 3 is 2.55 bits per heavy atom. The van der Waals surface area contributed by atoms with Gasteiger partial charge in [0.25, 0.3) is 0 Å². The molecule has 0 radical (unpaired) electrons. The maximum Gasteiger partial charge on any atom is 0.324 e. The second-order valence-electron chi connectivity index (χ2n) is 6.07. The van der Waals surface area contributed by atoms with Gasteiger partial charge in [-0.15, -0.1) is 0 Å². The second-order valence-corrected chi connectivity index (χ2v) is 7.96. The summed E-state index contributed by atoms with van der Waals surface area (Å²) in [5.74, 6) is -0.604. The highest BCUT2D eigenvalue weighted by atomic mass is 32.2. The van der Waals surface area contributed by atoms with Crippen LogP contribution in [0.25, 0.3) is 0 Å². The van der Waals surface area contributed by atoms with E-state index in [9.17, 15) is 13.2 Å². The first-order valence-corrected chi connectivity index (χ1v) is 8.69. The van der Waals surface area contributed by atoms with Crippen LogP contribution in [0.5, 0.6) is 0 Å². The predicted molar refractivity (Wildman–Crippen MR) is 81.7 cm³/mol. The summed E-state index contributed by atoms with van der Waals surface area (Å²) in [7, 11) is -3.72. The van der Waals surface area contributed by atoms with E-state index in [1.807, 2.05) is 13.8 Å². The molecular formula is C16H19NO4S. The van der Waals surface area contributed by atoms with E-state index in [0.717, 1.165) is 11.1 Å². The average molecular weight is 321 g/mol. The molecule has 0 aromatic heterocycles. The fraction of sp³-hybridized carbons (Fsp3) is 0.438. The van der Waals surface area contributed by atoms with E-state index >= 15 is 0 Å². The molecule has 0 N–H and O–H groups in total. The van der Waals surface area contributed by atoms with E-state index in [4.69, 9.17) is 4.74 Å². The van der Waals surface area contributed by atoms with Crippen molar-refractivity contribution in [3.63, 3.8) is 0 Å². The van der Waals surface area contributed by atoms with Gasteiger partial charge in [0.2, 0.25) is 10.0 Å². The topological polar surface area (TPSA) is 63.7 Å². The minimum atomic E-state index is -3.72. The number of carbonyl (C=O) groups excluding carboxylic acids is 1. The summed E-state index contributed by atoms with van der Waals surface area (Å²) in [5, 5.41) is 0. The average Bonchev–Trinajstić information content (AvgIpc) is 2.75. The number of hydrogen-bond acceptors (Lipinski definition) is 4. The first-order chi connectivity index (χ1) is 10.3. The van der Waals surface area contributed by atoms with Crippen molar-refractivity contribution >= 4 is 16.0 Å². The summed E-state index contributed by atoms with van der Waals surface area (Å²) in [5.41, 5.74) is 1.82. The van der Waals surface area contributed by atoms with E-state index in [2.05, 4.69) is 6.58 Å². The highest BCUT2D eigenvalue weighted by Gasteiger charge is 2.51. The van der Waals surface area contributed by atoms with Crippen molar-refractivity contribution in [2.75, 3.05) is 6.54 Å². The van der Waals surface area contributed by atoms with Gasteiger partial charge in [0.15, 0.2) is 0 Å². The minimum Gasteiger partial charge on any atom is -0.460 e. The Bertz CT molecular complexity index is 723. The molecule has 0 aliphatic carbocycles. The summed E-state index contributed by atoms with van der Waals surface area (Å²) in [4.78, 5) is 12.2. The number of sulfonamides is 1. The van der Waals surface area contributed by atoms with Crippen molar-refractivity contribution in [3.05, 3.63) is 42.0 Å². The maximum absolute atomic E-state index is 12.9. The molecule has 2 aliphatic rings. The van der Waals surface area contributed by atoms with Crippen LogP contribution < -0.4 is 0 Å². The third-order valence-corrected chi connectivity index (χ3v) is 6.32. The van der Waals surface area contributed by atoms with Crippen LogP contribution in [0.1, 0.15) is 18.9 Å². The van der Waals surface area contributed by atoms with Crippen molar-refractivity contribution in [1.29, 1.82) is 0 Å². The molecule has 2 fully saturated rings. The van der Waals surface area contributed by atoms with E-state index in [1.165, 1.54) is 4.31 Å². The van der Waals surface area contributed by atoms with Gasteiger partial charge in [-0.25, -0.2) is 8.42 Å².